The van der Waals surface area contributed by atoms with E-state index in [4.69, 9.17) is 0 Å². The van der Waals surface area contributed by atoms with E-state index >= 15 is 0 Å². The van der Waals surface area contributed by atoms with Crippen molar-refractivity contribution in [3.8, 4) is 0 Å². The molecule has 0 saturated heterocycles. The maximum absolute atomic E-state index is 13.1. The van der Waals surface area contributed by atoms with Gasteiger partial charge in [0.15, 0.2) is 0 Å². The van der Waals surface area contributed by atoms with Crippen LogP contribution >= 0.6 is 15.9 Å². The van der Waals surface area contributed by atoms with Crippen LogP contribution in [0.1, 0.15) is 5.69 Å². The molecule has 0 amide bonds. The van der Waals surface area contributed by atoms with E-state index in [9.17, 15) is 4.39 Å². The first-order chi connectivity index (χ1) is 6.18. The number of rotatable bonds is 0. The van der Waals surface area contributed by atoms with Crippen molar-refractivity contribution in [2.45, 2.75) is 6.92 Å². The Balaban J connectivity index is 2.89. The maximum atomic E-state index is 13.1. The number of halogens is 2. The van der Waals surface area contributed by atoms with Crippen LogP contribution in [0.2, 0.25) is 0 Å². The summed E-state index contributed by atoms with van der Waals surface area (Å²) >= 11 is 3.18. The highest BCUT2D eigenvalue weighted by atomic mass is 79.9. The Morgan fingerprint density at radius 2 is 1.92 bits per heavy atom. The van der Waals surface area contributed by atoms with Gasteiger partial charge in [-0.3, -0.25) is 4.98 Å². The third-order valence-corrected chi connectivity index (χ3v) is 2.65. The molecule has 0 atom stereocenters. The Labute approximate surface area is 83.7 Å². The van der Waals surface area contributed by atoms with E-state index in [2.05, 4.69) is 20.9 Å². The van der Waals surface area contributed by atoms with Crippen LogP contribution in [-0.2, 0) is 0 Å². The van der Waals surface area contributed by atoms with Gasteiger partial charge >= 0.3 is 0 Å². The molecule has 1 nitrogen and oxygen atoms in total. The van der Waals surface area contributed by atoms with E-state index in [1.54, 1.807) is 6.07 Å². The molecule has 0 unspecified atom stereocenters. The fourth-order valence-electron chi connectivity index (χ4n) is 1.23. The number of aromatic nitrogens is 1. The zero-order valence-corrected chi connectivity index (χ0v) is 8.60. The Kier molecular flexibility index (Phi) is 2.04. The zero-order valence-electron chi connectivity index (χ0n) is 7.01. The van der Waals surface area contributed by atoms with Crippen molar-refractivity contribution in [1.82, 2.24) is 4.98 Å². The number of hydrogen-bond acceptors (Lipinski definition) is 1. The molecule has 0 fully saturated rings. The van der Waals surface area contributed by atoms with Gasteiger partial charge in [-0.2, -0.15) is 0 Å². The molecule has 0 aliphatic heterocycles. The number of hydrogen-bond donors (Lipinski definition) is 0. The minimum Gasteiger partial charge on any atom is -0.252 e. The van der Waals surface area contributed by atoms with Crippen molar-refractivity contribution in [3.63, 3.8) is 0 Å². The predicted octanol–water partition coefficient (Wildman–Crippen LogP) is 3.44. The van der Waals surface area contributed by atoms with Gasteiger partial charge in [-0.25, -0.2) is 4.39 Å². The van der Waals surface area contributed by atoms with E-state index in [1.807, 2.05) is 19.1 Å². The molecular weight excluding hydrogens is 233 g/mol. The fraction of sp³-hybridized carbons (Fsp3) is 0.100. The molecule has 13 heavy (non-hydrogen) atoms. The average Bonchev–Trinajstić information content (AvgIpc) is 2.12. The molecule has 1 aromatic heterocycles. The van der Waals surface area contributed by atoms with E-state index in [0.29, 0.717) is 9.99 Å². The largest absolute Gasteiger partial charge is 0.252 e. The van der Waals surface area contributed by atoms with Gasteiger partial charge in [0.25, 0.3) is 0 Å². The first kappa shape index (κ1) is 8.63. The fourth-order valence-corrected chi connectivity index (χ4v) is 1.68. The molecule has 0 aliphatic carbocycles. The van der Waals surface area contributed by atoms with Gasteiger partial charge in [0.05, 0.1) is 9.99 Å². The molecule has 2 rings (SSSR count). The van der Waals surface area contributed by atoms with Crippen LogP contribution in [0.25, 0.3) is 10.9 Å². The molecule has 0 saturated carbocycles. The summed E-state index contributed by atoms with van der Waals surface area (Å²) in [5.74, 6) is -0.273. The van der Waals surface area contributed by atoms with Crippen LogP contribution in [0.3, 0.4) is 0 Å². The SMILES string of the molecule is Cc1ccc2ccc(F)c(Br)c2n1. The zero-order chi connectivity index (χ0) is 9.42. The van der Waals surface area contributed by atoms with Crippen molar-refractivity contribution in [2.75, 3.05) is 0 Å². The van der Waals surface area contributed by atoms with Gasteiger partial charge in [0.1, 0.15) is 5.82 Å². The van der Waals surface area contributed by atoms with Gasteiger partial charge in [0.2, 0.25) is 0 Å². The second-order valence-corrected chi connectivity index (χ2v) is 3.68. The highest BCUT2D eigenvalue weighted by Gasteiger charge is 2.05. The van der Waals surface area contributed by atoms with Crippen LogP contribution in [0.4, 0.5) is 4.39 Å². The minimum atomic E-state index is -0.273. The van der Waals surface area contributed by atoms with Gasteiger partial charge in [-0.05, 0) is 41.1 Å². The highest BCUT2D eigenvalue weighted by Crippen LogP contribution is 2.25. The van der Waals surface area contributed by atoms with Crippen molar-refractivity contribution in [3.05, 3.63) is 40.2 Å². The van der Waals surface area contributed by atoms with E-state index in [-0.39, 0.29) is 5.82 Å². The Bertz CT molecular complexity index is 462. The second-order valence-electron chi connectivity index (χ2n) is 2.89. The number of nitrogens with zero attached hydrogens (tertiary/aromatic N) is 1. The molecule has 0 N–H and O–H groups in total. The number of pyridine rings is 1. The molecule has 0 radical (unpaired) electrons. The molecular formula is C10H7BrFN. The van der Waals surface area contributed by atoms with Crippen LogP contribution in [0.15, 0.2) is 28.7 Å². The number of benzene rings is 1. The summed E-state index contributed by atoms with van der Waals surface area (Å²) in [5, 5.41) is 0.943. The van der Waals surface area contributed by atoms with E-state index in [0.717, 1.165) is 11.1 Å². The highest BCUT2D eigenvalue weighted by molar-refractivity contribution is 9.10. The van der Waals surface area contributed by atoms with Crippen LogP contribution in [0.5, 0.6) is 0 Å². The molecule has 3 heteroatoms. The molecule has 1 aromatic carbocycles. The summed E-state index contributed by atoms with van der Waals surface area (Å²) in [4.78, 5) is 4.25. The summed E-state index contributed by atoms with van der Waals surface area (Å²) in [6, 6.07) is 7.00. The average molecular weight is 240 g/mol. The lowest BCUT2D eigenvalue weighted by Gasteiger charge is -2.01. The molecule has 0 aliphatic rings. The third-order valence-electron chi connectivity index (χ3n) is 1.89. The quantitative estimate of drug-likeness (QED) is 0.687. The normalized spacial score (nSPS) is 10.7. The van der Waals surface area contributed by atoms with Crippen molar-refractivity contribution >= 4 is 26.8 Å². The molecule has 1 heterocycles. The van der Waals surface area contributed by atoms with Gasteiger partial charge < -0.3 is 0 Å². The smallest absolute Gasteiger partial charge is 0.139 e. The van der Waals surface area contributed by atoms with Crippen LogP contribution in [0, 0.1) is 12.7 Å². The van der Waals surface area contributed by atoms with E-state index < -0.39 is 0 Å². The first-order valence-corrected chi connectivity index (χ1v) is 4.69. The third kappa shape index (κ3) is 1.44. The second kappa shape index (κ2) is 3.07. The molecule has 66 valence electrons. The maximum Gasteiger partial charge on any atom is 0.139 e. The van der Waals surface area contributed by atoms with Gasteiger partial charge in [0, 0.05) is 11.1 Å². The molecule has 0 spiro atoms. The summed E-state index contributed by atoms with van der Waals surface area (Å²) in [6.45, 7) is 1.89. The first-order valence-electron chi connectivity index (χ1n) is 3.90. The van der Waals surface area contributed by atoms with Crippen molar-refractivity contribution in [2.24, 2.45) is 0 Å². The predicted molar refractivity (Wildman–Crippen MR) is 54.1 cm³/mol. The Hall–Kier alpha value is -0.960. The lowest BCUT2D eigenvalue weighted by molar-refractivity contribution is 0.623. The van der Waals surface area contributed by atoms with Gasteiger partial charge in [-0.15, -0.1) is 0 Å². The monoisotopic (exact) mass is 239 g/mol. The van der Waals surface area contributed by atoms with Gasteiger partial charge in [-0.1, -0.05) is 6.07 Å². The lowest BCUT2D eigenvalue weighted by Crippen LogP contribution is -1.86. The Morgan fingerprint density at radius 1 is 1.23 bits per heavy atom. The Morgan fingerprint density at radius 3 is 2.69 bits per heavy atom. The standard InChI is InChI=1S/C10H7BrFN/c1-6-2-3-7-4-5-8(12)9(11)10(7)13-6/h2-5H,1H3. The summed E-state index contributed by atoms with van der Waals surface area (Å²) in [6.07, 6.45) is 0. The topological polar surface area (TPSA) is 12.9 Å². The number of aryl methyl sites for hydroxylation is 1. The molecule has 0 bridgehead atoms. The van der Waals surface area contributed by atoms with Crippen LogP contribution in [-0.4, -0.2) is 4.98 Å². The summed E-state index contributed by atoms with van der Waals surface area (Å²) in [7, 11) is 0. The van der Waals surface area contributed by atoms with Crippen molar-refractivity contribution < 1.29 is 4.39 Å². The summed E-state index contributed by atoms with van der Waals surface area (Å²) in [5.41, 5.74) is 1.57. The number of fused-ring (bicyclic) bond motifs is 1. The van der Waals surface area contributed by atoms with E-state index in [1.165, 1.54) is 6.07 Å². The van der Waals surface area contributed by atoms with Crippen molar-refractivity contribution in [1.29, 1.82) is 0 Å². The summed E-state index contributed by atoms with van der Waals surface area (Å²) < 4.78 is 13.5. The molecule has 2 aromatic rings. The minimum absolute atomic E-state index is 0.273. The lowest BCUT2D eigenvalue weighted by atomic mass is 10.2. The van der Waals surface area contributed by atoms with Crippen LogP contribution < -0.4 is 0 Å².